The molecule has 1 aromatic heterocycles. The molecule has 0 aliphatic carbocycles. The highest BCUT2D eigenvalue weighted by Crippen LogP contribution is 2.24. The van der Waals surface area contributed by atoms with E-state index in [9.17, 15) is 14.7 Å². The van der Waals surface area contributed by atoms with E-state index in [0.717, 1.165) is 5.56 Å². The van der Waals surface area contributed by atoms with E-state index < -0.39 is 17.9 Å². The van der Waals surface area contributed by atoms with Crippen LogP contribution in [0.3, 0.4) is 0 Å². The lowest BCUT2D eigenvalue weighted by Crippen LogP contribution is -2.38. The van der Waals surface area contributed by atoms with E-state index in [1.54, 1.807) is 42.1 Å². The van der Waals surface area contributed by atoms with Gasteiger partial charge in [-0.15, -0.1) is 0 Å². The number of anilines is 1. The molecule has 0 aliphatic heterocycles. The minimum Gasteiger partial charge on any atom is -0.467 e. The summed E-state index contributed by atoms with van der Waals surface area (Å²) in [6.07, 6.45) is 3.36. The highest BCUT2D eigenvalue weighted by atomic mass is 35.5. The summed E-state index contributed by atoms with van der Waals surface area (Å²) in [5.41, 5.74) is 1.34. The molecule has 128 valence electrons. The first-order valence-electron chi connectivity index (χ1n) is 7.08. The number of aliphatic hydroxyl groups is 1. The number of amides is 2. The summed E-state index contributed by atoms with van der Waals surface area (Å²) in [5.74, 6) is -0.642. The molecule has 0 saturated heterocycles. The van der Waals surface area contributed by atoms with Gasteiger partial charge in [0.2, 0.25) is 0 Å². The van der Waals surface area contributed by atoms with E-state index in [-0.39, 0.29) is 6.61 Å². The van der Waals surface area contributed by atoms with Crippen molar-refractivity contribution in [2.45, 2.75) is 11.8 Å². The van der Waals surface area contributed by atoms with Gasteiger partial charge in [0.1, 0.15) is 11.8 Å². The predicted octanol–water partition coefficient (Wildman–Crippen LogP) is 2.58. The molecule has 2 amide bonds. The number of carbonyl (C=O) groups is 2. The number of aliphatic hydroxyl groups excluding tert-OH is 1. The number of carbonyl (C=O) groups excluding carboxylic acids is 2. The van der Waals surface area contributed by atoms with Crippen LogP contribution in [0.2, 0.25) is 5.02 Å². The van der Waals surface area contributed by atoms with Crippen LogP contribution >= 0.6 is 23.4 Å². The maximum atomic E-state index is 12.0. The first kappa shape index (κ1) is 18.4. The van der Waals surface area contributed by atoms with Gasteiger partial charge in [0.15, 0.2) is 0 Å². The lowest BCUT2D eigenvalue weighted by Gasteiger charge is -2.14. The molecule has 2 rings (SSSR count). The normalized spacial score (nSPS) is 11.8. The third-order valence-corrected chi connectivity index (χ3v) is 4.15. The van der Waals surface area contributed by atoms with Crippen molar-refractivity contribution in [2.75, 3.05) is 18.2 Å². The van der Waals surface area contributed by atoms with Crippen molar-refractivity contribution in [3.8, 4) is 0 Å². The third kappa shape index (κ3) is 4.77. The SMILES string of the molecule is CSCc1cc(NC(=O)C(=O)NC(CO)c2ccco2)ccc1Cl. The molecule has 8 heteroatoms. The average Bonchev–Trinajstić information content (AvgIpc) is 3.10. The van der Waals surface area contributed by atoms with Crippen LogP contribution in [0.1, 0.15) is 17.4 Å². The van der Waals surface area contributed by atoms with Crippen LogP contribution in [0.15, 0.2) is 41.0 Å². The monoisotopic (exact) mass is 368 g/mol. The Labute approximate surface area is 148 Å². The Bertz CT molecular complexity index is 706. The van der Waals surface area contributed by atoms with Crippen molar-refractivity contribution in [1.82, 2.24) is 5.32 Å². The number of rotatable bonds is 6. The topological polar surface area (TPSA) is 91.6 Å². The first-order chi connectivity index (χ1) is 11.5. The van der Waals surface area contributed by atoms with E-state index >= 15 is 0 Å². The Morgan fingerprint density at radius 3 is 2.75 bits per heavy atom. The summed E-state index contributed by atoms with van der Waals surface area (Å²) < 4.78 is 5.12. The highest BCUT2D eigenvalue weighted by molar-refractivity contribution is 7.97. The Balaban J connectivity index is 2.01. The van der Waals surface area contributed by atoms with Crippen molar-refractivity contribution < 1.29 is 19.1 Å². The van der Waals surface area contributed by atoms with Crippen LogP contribution < -0.4 is 10.6 Å². The fraction of sp³-hybridized carbons (Fsp3) is 0.250. The second-order valence-electron chi connectivity index (χ2n) is 4.92. The Hall–Kier alpha value is -1.96. The van der Waals surface area contributed by atoms with Gasteiger partial charge in [0.25, 0.3) is 0 Å². The van der Waals surface area contributed by atoms with Gasteiger partial charge >= 0.3 is 11.8 Å². The summed E-state index contributed by atoms with van der Waals surface area (Å²) >= 11 is 7.67. The summed E-state index contributed by atoms with van der Waals surface area (Å²) in [5, 5.41) is 14.8. The minimum atomic E-state index is -0.869. The van der Waals surface area contributed by atoms with Gasteiger partial charge in [0, 0.05) is 16.5 Å². The molecule has 24 heavy (non-hydrogen) atoms. The van der Waals surface area contributed by atoms with Crippen molar-refractivity contribution >= 4 is 40.9 Å². The van der Waals surface area contributed by atoms with E-state index in [1.807, 2.05) is 6.26 Å². The van der Waals surface area contributed by atoms with E-state index in [2.05, 4.69) is 10.6 Å². The Kier molecular flexibility index (Phi) is 6.72. The number of furan rings is 1. The maximum Gasteiger partial charge on any atom is 0.313 e. The van der Waals surface area contributed by atoms with Crippen LogP contribution in [0.5, 0.6) is 0 Å². The van der Waals surface area contributed by atoms with Gasteiger partial charge in [-0.1, -0.05) is 11.6 Å². The lowest BCUT2D eigenvalue weighted by molar-refractivity contribution is -0.136. The van der Waals surface area contributed by atoms with Crippen LogP contribution in [0.25, 0.3) is 0 Å². The number of thioether (sulfide) groups is 1. The van der Waals surface area contributed by atoms with Gasteiger partial charge in [0.05, 0.1) is 12.9 Å². The molecule has 1 atom stereocenters. The average molecular weight is 369 g/mol. The second-order valence-corrected chi connectivity index (χ2v) is 6.19. The van der Waals surface area contributed by atoms with Gasteiger partial charge in [-0.2, -0.15) is 11.8 Å². The van der Waals surface area contributed by atoms with Gasteiger partial charge < -0.3 is 20.2 Å². The van der Waals surface area contributed by atoms with E-state index in [4.69, 9.17) is 16.0 Å². The van der Waals surface area contributed by atoms with Crippen LogP contribution in [0, 0.1) is 0 Å². The van der Waals surface area contributed by atoms with Gasteiger partial charge in [-0.05, 0) is 42.2 Å². The zero-order chi connectivity index (χ0) is 17.5. The molecule has 0 radical (unpaired) electrons. The number of hydrogen-bond donors (Lipinski definition) is 3. The Morgan fingerprint density at radius 1 is 1.33 bits per heavy atom. The molecule has 0 spiro atoms. The molecule has 3 N–H and O–H groups in total. The Morgan fingerprint density at radius 2 is 2.12 bits per heavy atom. The largest absolute Gasteiger partial charge is 0.467 e. The third-order valence-electron chi connectivity index (χ3n) is 3.18. The summed E-state index contributed by atoms with van der Waals surface area (Å²) in [4.78, 5) is 24.0. The minimum absolute atomic E-state index is 0.368. The molecule has 0 bridgehead atoms. The standard InChI is InChI=1S/C16H17ClN2O4S/c1-24-9-10-7-11(4-5-12(10)17)18-15(21)16(22)19-13(8-20)14-3-2-6-23-14/h2-7,13,20H,8-9H2,1H3,(H,18,21)(H,19,22). The summed E-state index contributed by atoms with van der Waals surface area (Å²) in [6, 6.07) is 7.46. The fourth-order valence-corrected chi connectivity index (χ4v) is 2.84. The first-order valence-corrected chi connectivity index (χ1v) is 8.85. The molecule has 1 heterocycles. The molecular weight excluding hydrogens is 352 g/mol. The van der Waals surface area contributed by atoms with Crippen molar-refractivity contribution in [1.29, 1.82) is 0 Å². The molecular formula is C16H17ClN2O4S. The summed E-state index contributed by atoms with van der Waals surface area (Å²) in [6.45, 7) is -0.384. The lowest BCUT2D eigenvalue weighted by atomic mass is 10.2. The zero-order valence-electron chi connectivity index (χ0n) is 12.9. The predicted molar refractivity (Wildman–Crippen MR) is 94.0 cm³/mol. The van der Waals surface area contributed by atoms with Crippen LogP contribution in [-0.4, -0.2) is 29.8 Å². The molecule has 0 aliphatic rings. The van der Waals surface area contributed by atoms with Crippen molar-refractivity contribution in [3.05, 3.63) is 52.9 Å². The second kappa shape index (κ2) is 8.77. The van der Waals surface area contributed by atoms with E-state index in [0.29, 0.717) is 22.2 Å². The molecule has 6 nitrogen and oxygen atoms in total. The number of nitrogens with one attached hydrogen (secondary N) is 2. The summed E-state index contributed by atoms with van der Waals surface area (Å²) in [7, 11) is 0. The van der Waals surface area contributed by atoms with Gasteiger partial charge in [-0.3, -0.25) is 9.59 Å². The molecule has 0 saturated carbocycles. The van der Waals surface area contributed by atoms with E-state index in [1.165, 1.54) is 6.26 Å². The highest BCUT2D eigenvalue weighted by Gasteiger charge is 2.21. The number of halogens is 1. The fourth-order valence-electron chi connectivity index (χ4n) is 2.03. The van der Waals surface area contributed by atoms with Crippen LogP contribution in [-0.2, 0) is 15.3 Å². The van der Waals surface area contributed by atoms with Crippen molar-refractivity contribution in [3.63, 3.8) is 0 Å². The molecule has 2 aromatic rings. The van der Waals surface area contributed by atoms with Crippen molar-refractivity contribution in [2.24, 2.45) is 0 Å². The number of benzene rings is 1. The molecule has 0 fully saturated rings. The smallest absolute Gasteiger partial charge is 0.313 e. The number of hydrogen-bond acceptors (Lipinski definition) is 5. The molecule has 1 aromatic carbocycles. The molecule has 1 unspecified atom stereocenters. The maximum absolute atomic E-state index is 12.0. The zero-order valence-corrected chi connectivity index (χ0v) is 14.5. The van der Waals surface area contributed by atoms with Gasteiger partial charge in [-0.25, -0.2) is 0 Å². The quantitative estimate of drug-likeness (QED) is 0.682. The van der Waals surface area contributed by atoms with Crippen LogP contribution in [0.4, 0.5) is 5.69 Å².